The number of para-hydroxylation sites is 1. The maximum Gasteiger partial charge on any atom is 0.261 e. The molecule has 2 aliphatic heterocycles. The summed E-state index contributed by atoms with van der Waals surface area (Å²) in [5.41, 5.74) is 1.19. The van der Waals surface area contributed by atoms with Gasteiger partial charge in [-0.15, -0.1) is 0 Å². The van der Waals surface area contributed by atoms with Crippen molar-refractivity contribution in [1.29, 1.82) is 0 Å². The molecule has 2 amide bonds. The van der Waals surface area contributed by atoms with Crippen LogP contribution in [0.4, 0.5) is 0 Å². The van der Waals surface area contributed by atoms with Gasteiger partial charge in [0, 0.05) is 29.6 Å². The number of methoxy groups -OCH3 is 2. The van der Waals surface area contributed by atoms with Gasteiger partial charge < -0.3 is 24.2 Å². The molecule has 0 bridgehead atoms. The van der Waals surface area contributed by atoms with Gasteiger partial charge in [-0.1, -0.05) is 30.3 Å². The number of aliphatic hydroxyl groups excluding tert-OH is 1. The molecule has 0 unspecified atom stereocenters. The third kappa shape index (κ3) is 4.99. The smallest absolute Gasteiger partial charge is 0.261 e. The van der Waals surface area contributed by atoms with Crippen molar-refractivity contribution in [2.45, 2.75) is 18.9 Å². The topological polar surface area (TPSA) is 88.5 Å². The number of aliphatic hydroxyl groups is 1. The number of hydrogen-bond acceptors (Lipinski definition) is 7. The maximum absolute atomic E-state index is 13.2. The Morgan fingerprint density at radius 1 is 0.892 bits per heavy atom. The third-order valence-electron chi connectivity index (χ3n) is 7.28. The first-order valence-corrected chi connectivity index (χ1v) is 12.6. The van der Waals surface area contributed by atoms with E-state index in [1.54, 1.807) is 38.5 Å². The minimum absolute atomic E-state index is 0.110. The number of piperidine rings is 1. The van der Waals surface area contributed by atoms with Gasteiger partial charge in [-0.3, -0.25) is 14.5 Å². The van der Waals surface area contributed by atoms with E-state index in [1.807, 2.05) is 30.3 Å². The number of likely N-dealkylation sites (tertiary alicyclic amines) is 1. The summed E-state index contributed by atoms with van der Waals surface area (Å²) in [7, 11) is 3.12. The van der Waals surface area contributed by atoms with Crippen molar-refractivity contribution >= 4 is 22.6 Å². The van der Waals surface area contributed by atoms with Crippen LogP contribution < -0.4 is 14.2 Å². The lowest BCUT2D eigenvalue weighted by Gasteiger charge is -2.36. The second-order valence-corrected chi connectivity index (χ2v) is 9.63. The Balaban J connectivity index is 1.14. The van der Waals surface area contributed by atoms with Gasteiger partial charge in [0.2, 0.25) is 5.75 Å². The number of hydrogen-bond donors (Lipinski definition) is 1. The minimum atomic E-state index is -0.687. The quantitative estimate of drug-likeness (QED) is 0.446. The van der Waals surface area contributed by atoms with Crippen LogP contribution in [0.25, 0.3) is 10.8 Å². The van der Waals surface area contributed by atoms with Crippen molar-refractivity contribution in [2.24, 2.45) is 5.92 Å². The van der Waals surface area contributed by atoms with Crippen molar-refractivity contribution in [1.82, 2.24) is 9.80 Å². The largest absolute Gasteiger partial charge is 0.493 e. The molecule has 2 aliphatic rings. The molecule has 1 atom stereocenters. The second kappa shape index (κ2) is 10.8. The van der Waals surface area contributed by atoms with Gasteiger partial charge in [0.1, 0.15) is 12.7 Å². The van der Waals surface area contributed by atoms with E-state index in [1.165, 1.54) is 4.90 Å². The summed E-state index contributed by atoms with van der Waals surface area (Å²) in [4.78, 5) is 30.0. The monoisotopic (exact) mass is 504 g/mol. The molecule has 1 saturated heterocycles. The third-order valence-corrected chi connectivity index (χ3v) is 7.28. The van der Waals surface area contributed by atoms with Crippen molar-refractivity contribution in [3.05, 3.63) is 65.7 Å². The van der Waals surface area contributed by atoms with Gasteiger partial charge in [0.05, 0.1) is 14.2 Å². The van der Waals surface area contributed by atoms with E-state index < -0.39 is 6.10 Å². The fourth-order valence-corrected chi connectivity index (χ4v) is 5.35. The van der Waals surface area contributed by atoms with Crippen molar-refractivity contribution in [3.63, 3.8) is 0 Å². The molecule has 0 spiro atoms. The predicted molar refractivity (Wildman–Crippen MR) is 140 cm³/mol. The number of imide groups is 1. The average Bonchev–Trinajstić information content (AvgIpc) is 2.93. The average molecular weight is 505 g/mol. The van der Waals surface area contributed by atoms with Crippen LogP contribution in [0.15, 0.2) is 54.6 Å². The molecule has 3 aromatic rings. The van der Waals surface area contributed by atoms with E-state index in [0.29, 0.717) is 41.5 Å². The molecule has 5 rings (SSSR count). The summed E-state index contributed by atoms with van der Waals surface area (Å²) >= 11 is 0. The first-order chi connectivity index (χ1) is 18.0. The highest BCUT2D eigenvalue weighted by molar-refractivity contribution is 6.25. The van der Waals surface area contributed by atoms with Gasteiger partial charge in [-0.25, -0.2) is 0 Å². The zero-order valence-electron chi connectivity index (χ0n) is 21.2. The molecule has 37 heavy (non-hydrogen) atoms. The molecule has 0 aromatic heterocycles. The Bertz CT molecular complexity index is 1230. The fraction of sp³-hybridized carbons (Fsp3) is 0.379. The Hall–Kier alpha value is -3.62. The highest BCUT2D eigenvalue weighted by Crippen LogP contribution is 2.37. The van der Waals surface area contributed by atoms with Crippen LogP contribution in [-0.4, -0.2) is 79.8 Å². The van der Waals surface area contributed by atoms with Gasteiger partial charge in [-0.2, -0.15) is 0 Å². The van der Waals surface area contributed by atoms with Gasteiger partial charge in [-0.05, 0) is 61.5 Å². The van der Waals surface area contributed by atoms with Crippen LogP contribution in [-0.2, 0) is 0 Å². The van der Waals surface area contributed by atoms with E-state index in [-0.39, 0.29) is 24.3 Å². The van der Waals surface area contributed by atoms with Gasteiger partial charge in [0.15, 0.2) is 11.5 Å². The fourth-order valence-electron chi connectivity index (χ4n) is 5.35. The van der Waals surface area contributed by atoms with Crippen LogP contribution in [0.5, 0.6) is 17.2 Å². The SMILES string of the molecule is COc1cccc(OC)c1OC[C@@H](O)CN1CCC(CN2C(=O)c3cccc4cccc(c34)C2=O)CC1. The molecule has 8 heteroatoms. The van der Waals surface area contributed by atoms with Crippen LogP contribution in [0, 0.1) is 5.92 Å². The Morgan fingerprint density at radius 2 is 1.46 bits per heavy atom. The molecule has 8 nitrogen and oxygen atoms in total. The number of carbonyl (C=O) groups excluding carboxylic acids is 2. The number of ether oxygens (including phenoxy) is 3. The normalized spacial score (nSPS) is 17.2. The van der Waals surface area contributed by atoms with Crippen LogP contribution in [0.1, 0.15) is 33.6 Å². The van der Waals surface area contributed by atoms with E-state index in [0.717, 1.165) is 36.7 Å². The lowest BCUT2D eigenvalue weighted by molar-refractivity contribution is 0.0446. The summed E-state index contributed by atoms with van der Waals surface area (Å²) < 4.78 is 16.5. The van der Waals surface area contributed by atoms with Crippen LogP contribution >= 0.6 is 0 Å². The first kappa shape index (κ1) is 25.0. The predicted octanol–water partition coefficient (Wildman–Crippen LogP) is 3.60. The molecule has 2 heterocycles. The lowest BCUT2D eigenvalue weighted by atomic mass is 9.91. The number of benzene rings is 3. The number of carbonyl (C=O) groups is 2. The van der Waals surface area contributed by atoms with Gasteiger partial charge in [0.25, 0.3) is 11.8 Å². The van der Waals surface area contributed by atoms with E-state index in [2.05, 4.69) is 4.90 Å². The minimum Gasteiger partial charge on any atom is -0.493 e. The Kier molecular flexibility index (Phi) is 7.30. The zero-order chi connectivity index (χ0) is 25.9. The first-order valence-electron chi connectivity index (χ1n) is 12.6. The standard InChI is InChI=1S/C29H32N2O6/c1-35-24-10-5-11-25(36-2)27(24)37-18-21(32)17-30-14-12-19(13-15-30)16-31-28(33)22-8-3-6-20-7-4-9-23(26(20)22)29(31)34/h3-11,19,21,32H,12-18H2,1-2H3/t21-/m0/s1. The van der Waals surface area contributed by atoms with E-state index in [9.17, 15) is 14.7 Å². The number of rotatable bonds is 9. The zero-order valence-corrected chi connectivity index (χ0v) is 21.2. The second-order valence-electron chi connectivity index (χ2n) is 9.63. The van der Waals surface area contributed by atoms with Crippen molar-refractivity contribution in [3.8, 4) is 17.2 Å². The number of β-amino-alcohol motifs (C(OH)–C–C–N with tert-alkyl or cyclic N) is 1. The highest BCUT2D eigenvalue weighted by atomic mass is 16.5. The van der Waals surface area contributed by atoms with Gasteiger partial charge >= 0.3 is 0 Å². The molecule has 0 aliphatic carbocycles. The number of amides is 2. The van der Waals surface area contributed by atoms with Crippen LogP contribution in [0.3, 0.4) is 0 Å². The summed E-state index contributed by atoms with van der Waals surface area (Å²) in [6.45, 7) is 2.55. The molecule has 0 radical (unpaired) electrons. The summed E-state index contributed by atoms with van der Waals surface area (Å²) in [5.74, 6) is 1.37. The molecule has 194 valence electrons. The van der Waals surface area contributed by atoms with Crippen molar-refractivity contribution in [2.75, 3.05) is 47.0 Å². The highest BCUT2D eigenvalue weighted by Gasteiger charge is 2.35. The summed E-state index contributed by atoms with van der Waals surface area (Å²) in [6, 6.07) is 16.6. The van der Waals surface area contributed by atoms with Crippen LogP contribution in [0.2, 0.25) is 0 Å². The van der Waals surface area contributed by atoms with E-state index in [4.69, 9.17) is 14.2 Å². The van der Waals surface area contributed by atoms with E-state index >= 15 is 0 Å². The molecular formula is C29H32N2O6. The molecule has 3 aromatic carbocycles. The molecule has 1 N–H and O–H groups in total. The lowest BCUT2D eigenvalue weighted by Crippen LogP contribution is -2.46. The Labute approximate surface area is 216 Å². The van der Waals surface area contributed by atoms with Crippen molar-refractivity contribution < 1.29 is 28.9 Å². The summed E-state index contributed by atoms with van der Waals surface area (Å²) in [6.07, 6.45) is 1.00. The molecular weight excluding hydrogens is 472 g/mol. The molecule has 1 fully saturated rings. The Morgan fingerprint density at radius 3 is 2.03 bits per heavy atom. The maximum atomic E-state index is 13.2. The summed E-state index contributed by atoms with van der Waals surface area (Å²) in [5, 5.41) is 12.3. The molecule has 0 saturated carbocycles. The number of nitrogens with zero attached hydrogens (tertiary/aromatic N) is 2.